The Labute approximate surface area is 145 Å². The van der Waals surface area contributed by atoms with Crippen molar-refractivity contribution in [1.29, 1.82) is 0 Å². The van der Waals surface area contributed by atoms with Crippen LogP contribution in [0.2, 0.25) is 0 Å². The lowest BCUT2D eigenvalue weighted by Crippen LogP contribution is -2.41. The molecule has 0 unspecified atom stereocenters. The fraction of sp³-hybridized carbons (Fsp3) is 0.438. The normalized spacial score (nSPS) is 18.4. The first-order chi connectivity index (χ1) is 11.9. The number of rotatable bonds is 5. The minimum Gasteiger partial charge on any atom is -0.454 e. The highest BCUT2D eigenvalue weighted by atomic mass is 32.2. The molecule has 0 saturated carbocycles. The molecule has 1 aromatic heterocycles. The maximum absolute atomic E-state index is 12.8. The van der Waals surface area contributed by atoms with Crippen molar-refractivity contribution < 1.29 is 22.4 Å². The van der Waals surface area contributed by atoms with E-state index in [2.05, 4.69) is 10.2 Å². The van der Waals surface area contributed by atoms with E-state index in [-0.39, 0.29) is 23.9 Å². The molecule has 3 rings (SSSR count). The zero-order valence-corrected chi connectivity index (χ0v) is 14.8. The number of hydrogen-bond donors (Lipinski definition) is 0. The molecule has 0 N–H and O–H groups in total. The van der Waals surface area contributed by atoms with Crippen LogP contribution in [0.4, 0.5) is 0 Å². The molecule has 134 valence electrons. The second kappa shape index (κ2) is 6.93. The first-order valence-corrected chi connectivity index (χ1v) is 9.36. The van der Waals surface area contributed by atoms with Crippen molar-refractivity contribution in [3.8, 4) is 0 Å². The number of carbonyl (C=O) groups is 1. The summed E-state index contributed by atoms with van der Waals surface area (Å²) in [6.07, 6.45) is 1.03. The van der Waals surface area contributed by atoms with Crippen molar-refractivity contribution in [2.24, 2.45) is 0 Å². The Morgan fingerprint density at radius 3 is 2.64 bits per heavy atom. The molecule has 8 nitrogen and oxygen atoms in total. The van der Waals surface area contributed by atoms with Gasteiger partial charge in [0.1, 0.15) is 6.04 Å². The lowest BCUT2D eigenvalue weighted by Gasteiger charge is -2.22. The summed E-state index contributed by atoms with van der Waals surface area (Å²) in [6.45, 7) is 3.63. The van der Waals surface area contributed by atoms with Gasteiger partial charge in [0.25, 0.3) is 5.89 Å². The topological polar surface area (TPSA) is 103 Å². The van der Waals surface area contributed by atoms with Crippen molar-refractivity contribution in [2.45, 2.75) is 44.2 Å². The van der Waals surface area contributed by atoms with Gasteiger partial charge < -0.3 is 9.15 Å². The van der Waals surface area contributed by atoms with Gasteiger partial charge in [-0.1, -0.05) is 17.7 Å². The third-order valence-corrected chi connectivity index (χ3v) is 5.93. The highest BCUT2D eigenvalue weighted by Crippen LogP contribution is 2.27. The van der Waals surface area contributed by atoms with Crippen molar-refractivity contribution >= 4 is 16.0 Å². The smallest absolute Gasteiger partial charge is 0.324 e. The number of hydrogen-bond acceptors (Lipinski definition) is 7. The van der Waals surface area contributed by atoms with Crippen molar-refractivity contribution in [2.75, 3.05) is 6.54 Å². The molecule has 0 aliphatic carbocycles. The average molecular weight is 365 g/mol. The van der Waals surface area contributed by atoms with Gasteiger partial charge in [0.2, 0.25) is 15.9 Å². The van der Waals surface area contributed by atoms with Crippen LogP contribution in [0.25, 0.3) is 0 Å². The van der Waals surface area contributed by atoms with Crippen molar-refractivity contribution in [3.63, 3.8) is 0 Å². The van der Waals surface area contributed by atoms with Crippen LogP contribution in [0, 0.1) is 13.8 Å². The van der Waals surface area contributed by atoms with E-state index in [1.807, 2.05) is 6.92 Å². The molecule has 0 spiro atoms. The Morgan fingerprint density at radius 2 is 2.00 bits per heavy atom. The van der Waals surface area contributed by atoms with Crippen LogP contribution >= 0.6 is 0 Å². The van der Waals surface area contributed by atoms with E-state index >= 15 is 0 Å². The molecule has 25 heavy (non-hydrogen) atoms. The van der Waals surface area contributed by atoms with Crippen molar-refractivity contribution in [1.82, 2.24) is 14.5 Å². The molecule has 9 heteroatoms. The maximum Gasteiger partial charge on any atom is 0.324 e. The fourth-order valence-corrected chi connectivity index (χ4v) is 4.38. The fourth-order valence-electron chi connectivity index (χ4n) is 2.73. The summed E-state index contributed by atoms with van der Waals surface area (Å²) in [4.78, 5) is 12.5. The third-order valence-electron chi connectivity index (χ3n) is 4.01. The van der Waals surface area contributed by atoms with Crippen LogP contribution in [0.3, 0.4) is 0 Å². The molecule has 1 aliphatic rings. The van der Waals surface area contributed by atoms with Gasteiger partial charge in [0, 0.05) is 13.5 Å². The molecule has 1 fully saturated rings. The second-order valence-electron chi connectivity index (χ2n) is 5.91. The zero-order valence-electron chi connectivity index (χ0n) is 14.0. The van der Waals surface area contributed by atoms with Crippen LogP contribution < -0.4 is 0 Å². The van der Waals surface area contributed by atoms with Crippen LogP contribution in [-0.2, 0) is 26.2 Å². The van der Waals surface area contributed by atoms with E-state index in [9.17, 15) is 13.2 Å². The van der Waals surface area contributed by atoms with Gasteiger partial charge in [-0.2, -0.15) is 4.31 Å². The van der Waals surface area contributed by atoms with Gasteiger partial charge >= 0.3 is 5.97 Å². The Bertz CT molecular complexity index is 860. The Hall–Kier alpha value is -2.26. The van der Waals surface area contributed by atoms with Crippen LogP contribution in [0.5, 0.6) is 0 Å². The standard InChI is InChI=1S/C16H19N3O5S/c1-11-5-7-13(8-6-11)25(21,22)19-9-3-4-14(19)16(20)23-10-15-18-17-12(2)24-15/h5-8,14H,3-4,9-10H2,1-2H3/t14-/m0/s1. The van der Waals surface area contributed by atoms with Crippen LogP contribution in [0.15, 0.2) is 33.6 Å². The molecule has 2 heterocycles. The highest BCUT2D eigenvalue weighted by Gasteiger charge is 2.40. The van der Waals surface area contributed by atoms with Crippen LogP contribution in [-0.4, -0.2) is 41.5 Å². The predicted molar refractivity (Wildman–Crippen MR) is 86.9 cm³/mol. The van der Waals surface area contributed by atoms with Gasteiger partial charge in [0.15, 0.2) is 6.61 Å². The molecular formula is C16H19N3O5S. The molecule has 0 radical (unpaired) electrons. The van der Waals surface area contributed by atoms with Gasteiger partial charge in [-0.25, -0.2) is 8.42 Å². The zero-order chi connectivity index (χ0) is 18.0. The molecule has 1 aromatic carbocycles. The summed E-state index contributed by atoms with van der Waals surface area (Å²) in [7, 11) is -3.75. The second-order valence-corrected chi connectivity index (χ2v) is 7.80. The minimum absolute atomic E-state index is 0.172. The lowest BCUT2D eigenvalue weighted by molar-refractivity contribution is -0.149. The number of sulfonamides is 1. The van der Waals surface area contributed by atoms with Crippen molar-refractivity contribution in [3.05, 3.63) is 41.6 Å². The Morgan fingerprint density at radius 1 is 1.28 bits per heavy atom. The first kappa shape index (κ1) is 17.6. The van der Waals surface area contributed by atoms with E-state index in [0.29, 0.717) is 18.7 Å². The lowest BCUT2D eigenvalue weighted by atomic mass is 10.2. The average Bonchev–Trinajstić information content (AvgIpc) is 3.22. The summed E-state index contributed by atoms with van der Waals surface area (Å²) in [5.74, 6) is -0.0590. The summed E-state index contributed by atoms with van der Waals surface area (Å²) < 4.78 is 37.1. The molecule has 2 aromatic rings. The minimum atomic E-state index is -3.75. The highest BCUT2D eigenvalue weighted by molar-refractivity contribution is 7.89. The summed E-state index contributed by atoms with van der Waals surface area (Å²) in [6, 6.07) is 5.72. The predicted octanol–water partition coefficient (Wildman–Crippen LogP) is 1.58. The monoisotopic (exact) mass is 365 g/mol. The quantitative estimate of drug-likeness (QED) is 0.741. The Balaban J connectivity index is 1.72. The summed E-state index contributed by atoms with van der Waals surface area (Å²) >= 11 is 0. The van der Waals surface area contributed by atoms with Gasteiger partial charge in [-0.3, -0.25) is 4.79 Å². The molecular weight excluding hydrogens is 346 g/mol. The molecule has 1 atom stereocenters. The number of aryl methyl sites for hydroxylation is 2. The summed E-state index contributed by atoms with van der Waals surface area (Å²) in [5, 5.41) is 7.39. The number of aromatic nitrogens is 2. The Kier molecular flexibility index (Phi) is 4.87. The summed E-state index contributed by atoms with van der Waals surface area (Å²) in [5.41, 5.74) is 0.964. The first-order valence-electron chi connectivity index (χ1n) is 7.92. The SMILES string of the molecule is Cc1ccc(S(=O)(=O)N2CCC[C@H]2C(=O)OCc2nnc(C)o2)cc1. The van der Waals surface area contributed by atoms with E-state index < -0.39 is 22.0 Å². The van der Waals surface area contributed by atoms with E-state index in [1.165, 1.54) is 4.31 Å². The molecule has 1 aliphatic heterocycles. The van der Waals surface area contributed by atoms with E-state index in [4.69, 9.17) is 9.15 Å². The largest absolute Gasteiger partial charge is 0.454 e. The van der Waals surface area contributed by atoms with E-state index in [1.54, 1.807) is 31.2 Å². The number of nitrogens with zero attached hydrogens (tertiary/aromatic N) is 3. The maximum atomic E-state index is 12.8. The third kappa shape index (κ3) is 3.72. The number of ether oxygens (including phenoxy) is 1. The van der Waals surface area contributed by atoms with Crippen LogP contribution in [0.1, 0.15) is 30.2 Å². The number of esters is 1. The molecule has 0 bridgehead atoms. The number of carbonyl (C=O) groups excluding carboxylic acids is 1. The molecule has 1 saturated heterocycles. The van der Waals surface area contributed by atoms with Gasteiger partial charge in [-0.15, -0.1) is 10.2 Å². The van der Waals surface area contributed by atoms with E-state index in [0.717, 1.165) is 5.56 Å². The number of benzene rings is 1. The van der Waals surface area contributed by atoms with Gasteiger partial charge in [0.05, 0.1) is 4.90 Å². The molecule has 0 amide bonds. The van der Waals surface area contributed by atoms with Gasteiger partial charge in [-0.05, 0) is 31.9 Å².